The molecule has 0 aromatic heterocycles. The van der Waals surface area contributed by atoms with Crippen molar-refractivity contribution >= 4 is 16.9 Å². The van der Waals surface area contributed by atoms with Gasteiger partial charge >= 0.3 is 6.09 Å². The number of carbonyl (C=O) groups is 1. The first-order valence-electron chi connectivity index (χ1n) is 9.22. The Morgan fingerprint density at radius 2 is 1.84 bits per heavy atom. The Labute approximate surface area is 149 Å². The van der Waals surface area contributed by atoms with E-state index >= 15 is 0 Å². The smallest absolute Gasteiger partial charge is 0.408 e. The number of carbonyl (C=O) groups excluding carboxylic acids is 1. The Morgan fingerprint density at radius 3 is 2.56 bits per heavy atom. The maximum Gasteiger partial charge on any atom is 0.408 e. The maximum absolute atomic E-state index is 12.6. The van der Waals surface area contributed by atoms with Gasteiger partial charge in [-0.3, -0.25) is 4.90 Å². The molecule has 132 valence electrons. The highest BCUT2D eigenvalue weighted by Crippen LogP contribution is 2.31. The molecule has 2 aromatic rings. The van der Waals surface area contributed by atoms with E-state index < -0.39 is 5.54 Å². The van der Waals surface area contributed by atoms with Crippen LogP contribution in [0.2, 0.25) is 0 Å². The van der Waals surface area contributed by atoms with E-state index in [1.807, 2.05) is 32.0 Å². The fourth-order valence-corrected chi connectivity index (χ4v) is 4.30. The average Bonchev–Trinajstić information content (AvgIpc) is 2.61. The molecule has 1 unspecified atom stereocenters. The molecule has 2 bridgehead atoms. The summed E-state index contributed by atoms with van der Waals surface area (Å²) < 4.78 is 5.80. The number of alkyl carbamates (subject to hydrolysis) is 1. The van der Waals surface area contributed by atoms with Crippen molar-refractivity contribution in [2.24, 2.45) is 5.92 Å². The van der Waals surface area contributed by atoms with E-state index in [2.05, 4.69) is 34.5 Å². The number of nitrogens with one attached hydrogen (secondary N) is 1. The van der Waals surface area contributed by atoms with Gasteiger partial charge in [-0.15, -0.1) is 0 Å². The van der Waals surface area contributed by atoms with E-state index in [0.717, 1.165) is 43.4 Å². The van der Waals surface area contributed by atoms with Gasteiger partial charge in [-0.05, 0) is 62.0 Å². The molecule has 3 heterocycles. The highest BCUT2D eigenvalue weighted by atomic mass is 16.6. The van der Waals surface area contributed by atoms with E-state index in [-0.39, 0.29) is 12.2 Å². The third kappa shape index (κ3) is 3.23. The summed E-state index contributed by atoms with van der Waals surface area (Å²) in [7, 11) is 0. The molecule has 1 amide bonds. The van der Waals surface area contributed by atoms with E-state index in [1.54, 1.807) is 0 Å². The second kappa shape index (κ2) is 6.34. The van der Waals surface area contributed by atoms with Crippen molar-refractivity contribution in [2.75, 3.05) is 19.6 Å². The Bertz CT molecular complexity index is 773. The van der Waals surface area contributed by atoms with Gasteiger partial charge in [0.1, 0.15) is 6.10 Å². The SMILES string of the molecule is CC(C)(NC(=O)OC1CN2CCC1CC2)c1cccc2ccccc12. The number of hydrogen-bond acceptors (Lipinski definition) is 3. The summed E-state index contributed by atoms with van der Waals surface area (Å²) in [6.07, 6.45) is 2.01. The lowest BCUT2D eigenvalue weighted by Gasteiger charge is -2.44. The van der Waals surface area contributed by atoms with Gasteiger partial charge in [-0.25, -0.2) is 4.79 Å². The van der Waals surface area contributed by atoms with Gasteiger partial charge in [0.15, 0.2) is 0 Å². The summed E-state index contributed by atoms with van der Waals surface area (Å²) in [6, 6.07) is 14.5. The molecule has 0 aliphatic carbocycles. The molecule has 5 rings (SSSR count). The van der Waals surface area contributed by atoms with Crippen LogP contribution in [0.1, 0.15) is 32.3 Å². The Kier molecular flexibility index (Phi) is 4.16. The minimum absolute atomic E-state index is 0.0332. The summed E-state index contributed by atoms with van der Waals surface area (Å²) in [4.78, 5) is 15.0. The van der Waals surface area contributed by atoms with E-state index in [0.29, 0.717) is 5.92 Å². The first kappa shape index (κ1) is 16.4. The molecule has 0 radical (unpaired) electrons. The Hall–Kier alpha value is -2.07. The zero-order chi connectivity index (χ0) is 17.4. The molecule has 1 N–H and O–H groups in total. The van der Waals surface area contributed by atoms with Crippen LogP contribution in [0.3, 0.4) is 0 Å². The van der Waals surface area contributed by atoms with Crippen LogP contribution in [0.5, 0.6) is 0 Å². The first-order chi connectivity index (χ1) is 12.0. The molecule has 25 heavy (non-hydrogen) atoms. The number of piperidine rings is 3. The molecule has 4 nitrogen and oxygen atoms in total. The number of ether oxygens (including phenoxy) is 1. The molecule has 3 aliphatic heterocycles. The third-order valence-electron chi connectivity index (χ3n) is 5.73. The maximum atomic E-state index is 12.6. The normalized spacial score (nSPS) is 25.8. The fraction of sp³-hybridized carbons (Fsp3) is 0.476. The minimum Gasteiger partial charge on any atom is -0.445 e. The van der Waals surface area contributed by atoms with E-state index in [9.17, 15) is 4.79 Å². The van der Waals surface area contributed by atoms with Crippen molar-refractivity contribution < 1.29 is 9.53 Å². The van der Waals surface area contributed by atoms with Crippen LogP contribution in [0.4, 0.5) is 4.79 Å². The highest BCUT2D eigenvalue weighted by molar-refractivity contribution is 5.87. The van der Waals surface area contributed by atoms with Gasteiger partial charge in [0.25, 0.3) is 0 Å². The van der Waals surface area contributed by atoms with Gasteiger partial charge in [-0.2, -0.15) is 0 Å². The van der Waals surface area contributed by atoms with Crippen molar-refractivity contribution in [1.29, 1.82) is 0 Å². The minimum atomic E-state index is -0.494. The van der Waals surface area contributed by atoms with Crippen LogP contribution in [-0.4, -0.2) is 36.7 Å². The quantitative estimate of drug-likeness (QED) is 0.923. The summed E-state index contributed by atoms with van der Waals surface area (Å²) in [6.45, 7) is 7.24. The predicted molar refractivity (Wildman–Crippen MR) is 99.5 cm³/mol. The van der Waals surface area contributed by atoms with Gasteiger partial charge in [0.2, 0.25) is 0 Å². The van der Waals surface area contributed by atoms with Crippen LogP contribution in [0.15, 0.2) is 42.5 Å². The van der Waals surface area contributed by atoms with Crippen LogP contribution >= 0.6 is 0 Å². The molecule has 1 atom stereocenters. The lowest BCUT2D eigenvalue weighted by atomic mass is 9.86. The van der Waals surface area contributed by atoms with Crippen LogP contribution < -0.4 is 5.32 Å². The summed E-state index contributed by atoms with van der Waals surface area (Å²) >= 11 is 0. The zero-order valence-electron chi connectivity index (χ0n) is 15.0. The molecule has 0 saturated carbocycles. The van der Waals surface area contributed by atoms with Gasteiger partial charge < -0.3 is 10.1 Å². The van der Waals surface area contributed by atoms with Crippen LogP contribution in [0.25, 0.3) is 10.8 Å². The molecule has 3 saturated heterocycles. The first-order valence-corrected chi connectivity index (χ1v) is 9.22. The monoisotopic (exact) mass is 338 g/mol. The van der Waals surface area contributed by atoms with Crippen LogP contribution in [0, 0.1) is 5.92 Å². The lowest BCUT2D eigenvalue weighted by Crippen LogP contribution is -2.53. The summed E-state index contributed by atoms with van der Waals surface area (Å²) in [5, 5.41) is 5.44. The lowest BCUT2D eigenvalue weighted by molar-refractivity contribution is -0.0349. The number of amides is 1. The number of nitrogens with zero attached hydrogens (tertiary/aromatic N) is 1. The van der Waals surface area contributed by atoms with Gasteiger partial charge in [-0.1, -0.05) is 42.5 Å². The molecule has 4 heteroatoms. The molecule has 3 aliphatic rings. The largest absolute Gasteiger partial charge is 0.445 e. The van der Waals surface area contributed by atoms with E-state index in [4.69, 9.17) is 4.74 Å². The Balaban J connectivity index is 1.49. The van der Waals surface area contributed by atoms with Crippen LogP contribution in [-0.2, 0) is 10.3 Å². The standard InChI is InChI=1S/C21H26N2O2/c1-21(2,18-9-5-7-15-6-3-4-8-17(15)18)22-20(24)25-19-14-23-12-10-16(19)11-13-23/h3-9,16,19H,10-14H2,1-2H3,(H,22,24). The average molecular weight is 338 g/mol. The van der Waals surface area contributed by atoms with Crippen molar-refractivity contribution in [3.8, 4) is 0 Å². The van der Waals surface area contributed by atoms with Gasteiger partial charge in [0.05, 0.1) is 5.54 Å². The molecular formula is C21H26N2O2. The molecular weight excluding hydrogens is 312 g/mol. The highest BCUT2D eigenvalue weighted by Gasteiger charge is 2.37. The van der Waals surface area contributed by atoms with E-state index in [1.165, 1.54) is 5.39 Å². The Morgan fingerprint density at radius 1 is 1.12 bits per heavy atom. The van der Waals surface area contributed by atoms with Crippen molar-refractivity contribution in [3.63, 3.8) is 0 Å². The second-order valence-electron chi connectivity index (χ2n) is 7.86. The van der Waals surface area contributed by atoms with Crippen molar-refractivity contribution in [3.05, 3.63) is 48.0 Å². The van der Waals surface area contributed by atoms with Crippen molar-refractivity contribution in [2.45, 2.75) is 38.3 Å². The summed E-state index contributed by atoms with van der Waals surface area (Å²) in [5.41, 5.74) is 0.614. The number of benzene rings is 2. The van der Waals surface area contributed by atoms with Crippen molar-refractivity contribution in [1.82, 2.24) is 10.2 Å². The topological polar surface area (TPSA) is 41.6 Å². The fourth-order valence-electron chi connectivity index (χ4n) is 4.30. The van der Waals surface area contributed by atoms with Gasteiger partial charge in [0, 0.05) is 6.54 Å². The zero-order valence-corrected chi connectivity index (χ0v) is 15.0. The third-order valence-corrected chi connectivity index (χ3v) is 5.73. The number of rotatable bonds is 3. The molecule has 2 aromatic carbocycles. The number of hydrogen-bond donors (Lipinski definition) is 1. The summed E-state index contributed by atoms with van der Waals surface area (Å²) in [5.74, 6) is 0.524. The molecule has 3 fully saturated rings. The molecule has 0 spiro atoms. The predicted octanol–water partition coefficient (Wildman–Crippen LogP) is 3.90. The number of fused-ring (bicyclic) bond motifs is 4. The second-order valence-corrected chi connectivity index (χ2v) is 7.86.